The summed E-state index contributed by atoms with van der Waals surface area (Å²) in [6.45, 7) is 2.47. The lowest BCUT2D eigenvalue weighted by Crippen LogP contribution is -2.35. The van der Waals surface area contributed by atoms with E-state index in [1.807, 2.05) is 29.2 Å². The number of carbonyl (C=O) groups excluding carboxylic acids is 1. The molecule has 1 saturated carbocycles. The monoisotopic (exact) mass is 331 g/mol. The molecule has 0 radical (unpaired) electrons. The first-order chi connectivity index (χ1) is 11.8. The van der Waals surface area contributed by atoms with Crippen LogP contribution < -0.4 is 10.6 Å². The summed E-state index contributed by atoms with van der Waals surface area (Å²) in [7, 11) is 1.75. The molecule has 2 amide bonds. The largest absolute Gasteiger partial charge is 0.383 e. The number of hydrogen-bond donors (Lipinski definition) is 2. The summed E-state index contributed by atoms with van der Waals surface area (Å²) in [6, 6.07) is 8.40. The van der Waals surface area contributed by atoms with Gasteiger partial charge in [-0.3, -0.25) is 0 Å². The molecule has 0 spiro atoms. The van der Waals surface area contributed by atoms with Crippen molar-refractivity contribution in [3.05, 3.63) is 24.3 Å². The molecule has 1 aromatic rings. The molecule has 5 heteroatoms. The maximum Gasteiger partial charge on any atom is 0.321 e. The van der Waals surface area contributed by atoms with Crippen molar-refractivity contribution < 1.29 is 9.53 Å². The normalized spacial score (nSPS) is 19.5. The van der Waals surface area contributed by atoms with Crippen molar-refractivity contribution in [2.24, 2.45) is 5.92 Å². The number of urea groups is 1. The van der Waals surface area contributed by atoms with E-state index in [9.17, 15) is 4.79 Å². The van der Waals surface area contributed by atoms with Crippen LogP contribution in [0.15, 0.2) is 24.3 Å². The Morgan fingerprint density at radius 1 is 1.12 bits per heavy atom. The second-order valence-electron chi connectivity index (χ2n) is 6.95. The molecule has 0 bridgehead atoms. The average molecular weight is 331 g/mol. The number of hydrogen-bond acceptors (Lipinski definition) is 3. The molecular formula is C19H29N3O2. The molecule has 1 heterocycles. The molecule has 1 aromatic carbocycles. The first-order valence-corrected chi connectivity index (χ1v) is 9.18. The number of nitrogens with zero attached hydrogens (tertiary/aromatic N) is 1. The molecule has 2 aliphatic rings. The van der Waals surface area contributed by atoms with Gasteiger partial charge in [0, 0.05) is 31.6 Å². The van der Waals surface area contributed by atoms with E-state index in [1.165, 1.54) is 25.7 Å². The number of amides is 2. The molecule has 0 aromatic heterocycles. The highest BCUT2D eigenvalue weighted by Gasteiger charge is 2.31. The molecule has 1 atom stereocenters. The van der Waals surface area contributed by atoms with Gasteiger partial charge in [-0.25, -0.2) is 4.79 Å². The predicted molar refractivity (Wildman–Crippen MR) is 97.5 cm³/mol. The SMILES string of the molecule is COC[C@@H](Nc1ccc(NC(=O)N2CCCCCC2)cc1)C1CC1. The number of likely N-dealkylation sites (tertiary alicyclic amines) is 1. The van der Waals surface area contributed by atoms with Crippen molar-refractivity contribution in [2.75, 3.05) is 37.4 Å². The Morgan fingerprint density at radius 2 is 1.75 bits per heavy atom. The van der Waals surface area contributed by atoms with Gasteiger partial charge in [-0.2, -0.15) is 0 Å². The zero-order chi connectivity index (χ0) is 16.8. The van der Waals surface area contributed by atoms with Crippen molar-refractivity contribution in [1.29, 1.82) is 0 Å². The Bertz CT molecular complexity index is 520. The molecule has 1 aliphatic carbocycles. The van der Waals surface area contributed by atoms with Gasteiger partial charge in [0.15, 0.2) is 0 Å². The molecule has 2 N–H and O–H groups in total. The van der Waals surface area contributed by atoms with Gasteiger partial charge in [0.25, 0.3) is 0 Å². The van der Waals surface area contributed by atoms with E-state index in [2.05, 4.69) is 10.6 Å². The van der Waals surface area contributed by atoms with Gasteiger partial charge < -0.3 is 20.3 Å². The molecule has 1 aliphatic heterocycles. The van der Waals surface area contributed by atoms with Crippen molar-refractivity contribution in [1.82, 2.24) is 4.90 Å². The van der Waals surface area contributed by atoms with Crippen molar-refractivity contribution in [3.8, 4) is 0 Å². The van der Waals surface area contributed by atoms with Crippen LogP contribution in [0.25, 0.3) is 0 Å². The van der Waals surface area contributed by atoms with Gasteiger partial charge in [0.2, 0.25) is 0 Å². The topological polar surface area (TPSA) is 53.6 Å². The average Bonchev–Trinajstić information content (AvgIpc) is 3.43. The molecule has 0 unspecified atom stereocenters. The second kappa shape index (κ2) is 8.38. The lowest BCUT2D eigenvalue weighted by molar-refractivity contribution is 0.179. The molecule has 1 saturated heterocycles. The van der Waals surface area contributed by atoms with Crippen LogP contribution in [0.5, 0.6) is 0 Å². The van der Waals surface area contributed by atoms with Crippen LogP contribution in [0.3, 0.4) is 0 Å². The van der Waals surface area contributed by atoms with E-state index >= 15 is 0 Å². The second-order valence-corrected chi connectivity index (χ2v) is 6.95. The standard InChI is InChI=1S/C19H29N3O2/c1-24-14-18(15-6-7-15)20-16-8-10-17(11-9-16)21-19(23)22-12-4-2-3-5-13-22/h8-11,15,18,20H,2-7,12-14H2,1H3,(H,21,23)/t18-/m1/s1. The van der Waals surface area contributed by atoms with Crippen molar-refractivity contribution in [3.63, 3.8) is 0 Å². The van der Waals surface area contributed by atoms with Gasteiger partial charge in [-0.15, -0.1) is 0 Å². The maximum atomic E-state index is 12.3. The van der Waals surface area contributed by atoms with Crippen LogP contribution in [-0.4, -0.2) is 43.8 Å². The van der Waals surface area contributed by atoms with Crippen LogP contribution in [0.1, 0.15) is 38.5 Å². The summed E-state index contributed by atoms with van der Waals surface area (Å²) in [4.78, 5) is 14.3. The summed E-state index contributed by atoms with van der Waals surface area (Å²) in [5.74, 6) is 0.729. The Balaban J connectivity index is 1.52. The lowest BCUT2D eigenvalue weighted by Gasteiger charge is -2.21. The van der Waals surface area contributed by atoms with E-state index in [0.29, 0.717) is 6.04 Å². The Hall–Kier alpha value is -1.75. The van der Waals surface area contributed by atoms with Crippen LogP contribution in [0.4, 0.5) is 16.2 Å². The fourth-order valence-corrected chi connectivity index (χ4v) is 3.31. The van der Waals surface area contributed by atoms with Gasteiger partial charge in [0.05, 0.1) is 12.6 Å². The van der Waals surface area contributed by atoms with E-state index < -0.39 is 0 Å². The van der Waals surface area contributed by atoms with Gasteiger partial charge in [-0.05, 0) is 55.9 Å². The first kappa shape index (κ1) is 17.1. The summed E-state index contributed by atoms with van der Waals surface area (Å²) >= 11 is 0. The molecule has 24 heavy (non-hydrogen) atoms. The third-order valence-corrected chi connectivity index (χ3v) is 4.92. The number of nitrogens with one attached hydrogen (secondary N) is 2. The Labute approximate surface area is 144 Å². The summed E-state index contributed by atoms with van der Waals surface area (Å²) in [5, 5.41) is 6.56. The highest BCUT2D eigenvalue weighted by atomic mass is 16.5. The fourth-order valence-electron chi connectivity index (χ4n) is 3.31. The predicted octanol–water partition coefficient (Wildman–Crippen LogP) is 3.93. The number of carbonyl (C=O) groups is 1. The van der Waals surface area contributed by atoms with E-state index in [0.717, 1.165) is 49.8 Å². The van der Waals surface area contributed by atoms with Gasteiger partial charge >= 0.3 is 6.03 Å². The minimum absolute atomic E-state index is 0.0212. The highest BCUT2D eigenvalue weighted by molar-refractivity contribution is 5.89. The quantitative estimate of drug-likeness (QED) is 0.830. The number of ether oxygens (including phenoxy) is 1. The summed E-state index contributed by atoms with van der Waals surface area (Å²) in [6.07, 6.45) is 7.24. The first-order valence-electron chi connectivity index (χ1n) is 9.18. The minimum atomic E-state index is 0.0212. The van der Waals surface area contributed by atoms with Crippen LogP contribution in [0, 0.1) is 5.92 Å². The molecule has 132 valence electrons. The Morgan fingerprint density at radius 3 is 2.33 bits per heavy atom. The number of anilines is 2. The van der Waals surface area contributed by atoms with Crippen LogP contribution in [-0.2, 0) is 4.74 Å². The summed E-state index contributed by atoms with van der Waals surface area (Å²) in [5.41, 5.74) is 1.93. The van der Waals surface area contributed by atoms with Gasteiger partial charge in [-0.1, -0.05) is 12.8 Å². The number of rotatable bonds is 6. The van der Waals surface area contributed by atoms with Crippen LogP contribution in [0.2, 0.25) is 0 Å². The summed E-state index contributed by atoms with van der Waals surface area (Å²) < 4.78 is 5.31. The maximum absolute atomic E-state index is 12.3. The molecule has 5 nitrogen and oxygen atoms in total. The third kappa shape index (κ3) is 4.87. The molecular weight excluding hydrogens is 302 g/mol. The third-order valence-electron chi connectivity index (χ3n) is 4.92. The van der Waals surface area contributed by atoms with Gasteiger partial charge in [0.1, 0.15) is 0 Å². The smallest absolute Gasteiger partial charge is 0.321 e. The Kier molecular flexibility index (Phi) is 5.96. The van der Waals surface area contributed by atoms with Crippen molar-refractivity contribution >= 4 is 17.4 Å². The van der Waals surface area contributed by atoms with E-state index in [4.69, 9.17) is 4.74 Å². The number of benzene rings is 1. The van der Waals surface area contributed by atoms with E-state index in [1.54, 1.807) is 7.11 Å². The lowest BCUT2D eigenvalue weighted by atomic mass is 10.2. The number of methoxy groups -OCH3 is 1. The molecule has 3 rings (SSSR count). The molecule has 2 fully saturated rings. The van der Waals surface area contributed by atoms with Crippen molar-refractivity contribution in [2.45, 2.75) is 44.6 Å². The fraction of sp³-hybridized carbons (Fsp3) is 0.632. The zero-order valence-electron chi connectivity index (χ0n) is 14.6. The minimum Gasteiger partial charge on any atom is -0.383 e. The van der Waals surface area contributed by atoms with Crippen LogP contribution >= 0.6 is 0 Å². The van der Waals surface area contributed by atoms with E-state index in [-0.39, 0.29) is 6.03 Å². The highest BCUT2D eigenvalue weighted by Crippen LogP contribution is 2.34. The zero-order valence-corrected chi connectivity index (χ0v) is 14.6.